The lowest BCUT2D eigenvalue weighted by Gasteiger charge is -2.29. The van der Waals surface area contributed by atoms with Crippen molar-refractivity contribution in [2.45, 2.75) is 64.7 Å². The van der Waals surface area contributed by atoms with Crippen LogP contribution < -0.4 is 0 Å². The molecule has 0 aromatic heterocycles. The number of hydrogen-bond donors (Lipinski definition) is 0. The molecule has 0 N–H and O–H groups in total. The molecular formula is C21H33N. The van der Waals surface area contributed by atoms with E-state index in [4.69, 9.17) is 0 Å². The molecule has 2 atom stereocenters. The van der Waals surface area contributed by atoms with E-state index < -0.39 is 0 Å². The highest BCUT2D eigenvalue weighted by Crippen LogP contribution is 2.42. The van der Waals surface area contributed by atoms with Crippen molar-refractivity contribution in [3.63, 3.8) is 0 Å². The SMILES string of the molecule is CCCCCCC1=C(CN2CCCCC2)[C@@H]2C=CC=C[C@H]1C2. The van der Waals surface area contributed by atoms with Gasteiger partial charge in [0.25, 0.3) is 0 Å². The summed E-state index contributed by atoms with van der Waals surface area (Å²) in [4.78, 5) is 2.72. The third-order valence-corrected chi connectivity index (χ3v) is 5.76. The second-order valence-electron chi connectivity index (χ2n) is 7.42. The maximum absolute atomic E-state index is 2.72. The number of allylic oxidation sites excluding steroid dienone is 5. The first-order chi connectivity index (χ1) is 10.9. The number of nitrogens with zero attached hydrogens (tertiary/aromatic N) is 1. The number of hydrogen-bond acceptors (Lipinski definition) is 1. The average Bonchev–Trinajstić information content (AvgIpc) is 2.72. The monoisotopic (exact) mass is 299 g/mol. The van der Waals surface area contributed by atoms with Gasteiger partial charge in [-0.15, -0.1) is 0 Å². The summed E-state index contributed by atoms with van der Waals surface area (Å²) < 4.78 is 0. The van der Waals surface area contributed by atoms with Gasteiger partial charge in [0.15, 0.2) is 0 Å². The normalized spacial score (nSPS) is 28.4. The van der Waals surface area contributed by atoms with Crippen LogP contribution >= 0.6 is 0 Å². The summed E-state index contributed by atoms with van der Waals surface area (Å²) in [5, 5.41) is 0. The topological polar surface area (TPSA) is 3.24 Å². The Hall–Kier alpha value is -0.820. The fourth-order valence-corrected chi connectivity index (χ4v) is 4.49. The predicted molar refractivity (Wildman–Crippen MR) is 96.0 cm³/mol. The molecule has 1 aliphatic heterocycles. The molecule has 1 fully saturated rings. The van der Waals surface area contributed by atoms with Gasteiger partial charge >= 0.3 is 0 Å². The first-order valence-corrected chi connectivity index (χ1v) is 9.67. The van der Waals surface area contributed by atoms with Gasteiger partial charge in [-0.25, -0.2) is 0 Å². The summed E-state index contributed by atoms with van der Waals surface area (Å²) in [5.41, 5.74) is 3.61. The highest BCUT2D eigenvalue weighted by molar-refractivity contribution is 5.36. The summed E-state index contributed by atoms with van der Waals surface area (Å²) in [7, 11) is 0. The minimum atomic E-state index is 0.725. The highest BCUT2D eigenvalue weighted by atomic mass is 15.1. The zero-order chi connectivity index (χ0) is 15.2. The van der Waals surface area contributed by atoms with E-state index in [2.05, 4.69) is 36.1 Å². The summed E-state index contributed by atoms with van der Waals surface area (Å²) in [6, 6.07) is 0. The fraction of sp³-hybridized carbons (Fsp3) is 0.714. The summed E-state index contributed by atoms with van der Waals surface area (Å²) in [6.07, 6.45) is 22.0. The zero-order valence-corrected chi connectivity index (χ0v) is 14.4. The Kier molecular flexibility index (Phi) is 5.95. The number of rotatable bonds is 7. The first kappa shape index (κ1) is 16.1. The Morgan fingerprint density at radius 1 is 0.909 bits per heavy atom. The molecule has 1 heteroatoms. The van der Waals surface area contributed by atoms with Crippen molar-refractivity contribution in [3.8, 4) is 0 Å². The molecule has 1 saturated heterocycles. The highest BCUT2D eigenvalue weighted by Gasteiger charge is 2.31. The van der Waals surface area contributed by atoms with Gasteiger partial charge in [-0.2, -0.15) is 0 Å². The summed E-state index contributed by atoms with van der Waals surface area (Å²) >= 11 is 0. The second kappa shape index (κ2) is 8.15. The van der Waals surface area contributed by atoms with Crippen LogP contribution in [-0.2, 0) is 0 Å². The van der Waals surface area contributed by atoms with Crippen LogP contribution in [0, 0.1) is 11.8 Å². The Morgan fingerprint density at radius 2 is 1.64 bits per heavy atom. The molecule has 1 heterocycles. The van der Waals surface area contributed by atoms with E-state index in [0.717, 1.165) is 11.8 Å². The van der Waals surface area contributed by atoms with Crippen molar-refractivity contribution in [3.05, 3.63) is 35.5 Å². The molecule has 0 radical (unpaired) electrons. The first-order valence-electron chi connectivity index (χ1n) is 9.67. The van der Waals surface area contributed by atoms with Crippen molar-refractivity contribution in [1.29, 1.82) is 0 Å². The average molecular weight is 300 g/mol. The molecule has 0 spiro atoms. The van der Waals surface area contributed by atoms with E-state index in [1.165, 1.54) is 77.4 Å². The standard InChI is InChI=1S/C21H33N/c1-2-3-4-6-13-20-18-11-7-8-12-19(16-18)21(20)17-22-14-9-5-10-15-22/h7-8,11-12,18-19H,2-6,9-10,13-17H2,1H3/t18-,19+/m0/s1. The smallest absolute Gasteiger partial charge is 0.0201 e. The Labute approximate surface area is 137 Å². The van der Waals surface area contributed by atoms with Gasteiger partial charge in [0.2, 0.25) is 0 Å². The number of fused-ring (bicyclic) bond motifs is 2. The fourth-order valence-electron chi connectivity index (χ4n) is 4.49. The van der Waals surface area contributed by atoms with Gasteiger partial charge in [0.1, 0.15) is 0 Å². The summed E-state index contributed by atoms with van der Waals surface area (Å²) in [5.74, 6) is 1.46. The van der Waals surface area contributed by atoms with Crippen LogP contribution in [0.15, 0.2) is 35.5 Å². The van der Waals surface area contributed by atoms with Crippen molar-refractivity contribution < 1.29 is 0 Å². The van der Waals surface area contributed by atoms with E-state index in [1.54, 1.807) is 5.57 Å². The van der Waals surface area contributed by atoms with Gasteiger partial charge in [-0.3, -0.25) is 4.90 Å². The van der Waals surface area contributed by atoms with Crippen molar-refractivity contribution in [2.24, 2.45) is 11.8 Å². The van der Waals surface area contributed by atoms with Gasteiger partial charge in [-0.1, -0.05) is 62.5 Å². The molecule has 2 bridgehead atoms. The summed E-state index contributed by atoms with van der Waals surface area (Å²) in [6.45, 7) is 6.21. The van der Waals surface area contributed by atoms with E-state index in [-0.39, 0.29) is 0 Å². The third-order valence-electron chi connectivity index (χ3n) is 5.76. The second-order valence-corrected chi connectivity index (χ2v) is 7.42. The minimum Gasteiger partial charge on any atom is -0.299 e. The van der Waals surface area contributed by atoms with Crippen molar-refractivity contribution in [2.75, 3.05) is 19.6 Å². The van der Waals surface area contributed by atoms with E-state index in [9.17, 15) is 0 Å². The minimum absolute atomic E-state index is 0.725. The molecule has 0 unspecified atom stereocenters. The van der Waals surface area contributed by atoms with Crippen LogP contribution in [-0.4, -0.2) is 24.5 Å². The zero-order valence-electron chi connectivity index (χ0n) is 14.4. The van der Waals surface area contributed by atoms with Gasteiger partial charge in [0.05, 0.1) is 0 Å². The third kappa shape index (κ3) is 3.93. The maximum Gasteiger partial charge on any atom is 0.0201 e. The lowest BCUT2D eigenvalue weighted by molar-refractivity contribution is 0.242. The molecule has 122 valence electrons. The number of unbranched alkanes of at least 4 members (excludes halogenated alkanes) is 3. The van der Waals surface area contributed by atoms with E-state index in [0.29, 0.717) is 0 Å². The molecule has 3 rings (SSSR count). The van der Waals surface area contributed by atoms with Crippen molar-refractivity contribution in [1.82, 2.24) is 4.90 Å². The van der Waals surface area contributed by atoms with E-state index in [1.807, 2.05) is 5.57 Å². The largest absolute Gasteiger partial charge is 0.299 e. The van der Waals surface area contributed by atoms with Gasteiger partial charge < -0.3 is 0 Å². The van der Waals surface area contributed by atoms with Gasteiger partial charge in [0, 0.05) is 12.5 Å². The number of likely N-dealkylation sites (tertiary alicyclic amines) is 1. The predicted octanol–water partition coefficient (Wildman–Crippen LogP) is 5.50. The lowest BCUT2D eigenvalue weighted by atomic mass is 9.93. The molecule has 22 heavy (non-hydrogen) atoms. The van der Waals surface area contributed by atoms with Crippen LogP contribution in [0.25, 0.3) is 0 Å². The van der Waals surface area contributed by atoms with E-state index >= 15 is 0 Å². The Bertz CT molecular complexity index is 437. The van der Waals surface area contributed by atoms with Crippen LogP contribution in [0.5, 0.6) is 0 Å². The van der Waals surface area contributed by atoms with Crippen LogP contribution in [0.3, 0.4) is 0 Å². The molecule has 1 nitrogen and oxygen atoms in total. The van der Waals surface area contributed by atoms with Crippen LogP contribution in [0.1, 0.15) is 64.7 Å². The van der Waals surface area contributed by atoms with Crippen LogP contribution in [0.2, 0.25) is 0 Å². The molecule has 3 aliphatic rings. The van der Waals surface area contributed by atoms with Crippen LogP contribution in [0.4, 0.5) is 0 Å². The molecule has 0 amide bonds. The Morgan fingerprint density at radius 3 is 2.36 bits per heavy atom. The molecule has 0 saturated carbocycles. The Balaban J connectivity index is 1.69. The lowest BCUT2D eigenvalue weighted by Crippen LogP contribution is -2.32. The molecule has 0 aromatic carbocycles. The van der Waals surface area contributed by atoms with Crippen molar-refractivity contribution >= 4 is 0 Å². The molecular weight excluding hydrogens is 266 g/mol. The maximum atomic E-state index is 2.72. The molecule has 0 aromatic rings. The number of piperidine rings is 1. The van der Waals surface area contributed by atoms with Gasteiger partial charge in [-0.05, 0) is 56.7 Å². The quantitative estimate of drug-likeness (QED) is 0.443. The molecule has 2 aliphatic carbocycles.